The summed E-state index contributed by atoms with van der Waals surface area (Å²) in [5, 5.41) is 14.5. The monoisotopic (exact) mass is 334 g/mol. The van der Waals surface area contributed by atoms with E-state index in [1.54, 1.807) is 12.1 Å². The molecule has 3 aromatic carbocycles. The van der Waals surface area contributed by atoms with Crippen molar-refractivity contribution < 1.29 is 9.66 Å². The van der Waals surface area contributed by atoms with E-state index in [0.29, 0.717) is 24.6 Å². The fourth-order valence-corrected chi connectivity index (χ4v) is 2.44. The maximum Gasteiger partial charge on any atom is 0.296 e. The van der Waals surface area contributed by atoms with Gasteiger partial charge in [-0.3, -0.25) is 10.1 Å². The lowest BCUT2D eigenvalue weighted by atomic mass is 10.2. The molecule has 0 amide bonds. The first-order chi connectivity index (χ1) is 12.2. The summed E-state index contributed by atoms with van der Waals surface area (Å²) in [5.41, 5.74) is 2.54. The highest BCUT2D eigenvalue weighted by molar-refractivity contribution is 5.64. The first-order valence-electron chi connectivity index (χ1n) is 7.95. The zero-order valence-corrected chi connectivity index (χ0v) is 13.6. The first-order valence-corrected chi connectivity index (χ1v) is 7.95. The van der Waals surface area contributed by atoms with E-state index in [0.717, 1.165) is 11.1 Å². The molecular weight excluding hydrogens is 316 g/mol. The van der Waals surface area contributed by atoms with Gasteiger partial charge in [-0.25, -0.2) is 0 Å². The summed E-state index contributed by atoms with van der Waals surface area (Å²) < 4.78 is 5.67. The van der Waals surface area contributed by atoms with Gasteiger partial charge < -0.3 is 10.1 Å². The minimum Gasteiger partial charge on any atom is -0.489 e. The number of nitrogens with one attached hydrogen (secondary N) is 1. The highest BCUT2D eigenvalue weighted by Crippen LogP contribution is 2.30. The fourth-order valence-electron chi connectivity index (χ4n) is 2.44. The van der Waals surface area contributed by atoms with Crippen LogP contribution in [-0.2, 0) is 13.2 Å². The van der Waals surface area contributed by atoms with Crippen molar-refractivity contribution in [2.75, 3.05) is 5.32 Å². The van der Waals surface area contributed by atoms with Crippen LogP contribution in [0.2, 0.25) is 0 Å². The standard InChI is InChI=1S/C20H18N2O3/c23-22(24)20-13-18(25-15-17-9-5-2-6-10-17)11-12-19(20)21-14-16-7-3-1-4-8-16/h1-13,21H,14-15H2. The molecule has 0 aliphatic rings. The molecule has 0 fully saturated rings. The number of hydrogen-bond donors (Lipinski definition) is 1. The number of ether oxygens (including phenoxy) is 1. The van der Waals surface area contributed by atoms with Gasteiger partial charge in [-0.15, -0.1) is 0 Å². The minimum atomic E-state index is -0.400. The van der Waals surface area contributed by atoms with Crippen molar-refractivity contribution >= 4 is 11.4 Å². The predicted octanol–water partition coefficient (Wildman–Crippen LogP) is 4.79. The summed E-state index contributed by atoms with van der Waals surface area (Å²) in [7, 11) is 0. The van der Waals surface area contributed by atoms with Crippen LogP contribution >= 0.6 is 0 Å². The molecule has 0 heterocycles. The molecule has 0 radical (unpaired) electrons. The number of anilines is 1. The van der Waals surface area contributed by atoms with Crippen molar-refractivity contribution in [1.29, 1.82) is 0 Å². The second kappa shape index (κ2) is 7.97. The lowest BCUT2D eigenvalue weighted by Gasteiger charge is -2.10. The summed E-state index contributed by atoms with van der Waals surface area (Å²) in [6.45, 7) is 0.890. The van der Waals surface area contributed by atoms with Gasteiger partial charge in [0.05, 0.1) is 11.0 Å². The van der Waals surface area contributed by atoms with E-state index in [4.69, 9.17) is 4.74 Å². The van der Waals surface area contributed by atoms with E-state index < -0.39 is 4.92 Å². The number of nitro groups is 1. The van der Waals surface area contributed by atoms with Gasteiger partial charge in [-0.1, -0.05) is 60.7 Å². The molecule has 3 rings (SSSR count). The molecule has 0 saturated carbocycles. The van der Waals surface area contributed by atoms with Crippen molar-refractivity contribution in [3.05, 3.63) is 100 Å². The van der Waals surface area contributed by atoms with Gasteiger partial charge in [0.15, 0.2) is 0 Å². The Hall–Kier alpha value is -3.34. The van der Waals surface area contributed by atoms with Gasteiger partial charge in [-0.05, 0) is 23.3 Å². The Kier molecular flexibility index (Phi) is 5.26. The number of nitrogens with zero attached hydrogens (tertiary/aromatic N) is 1. The largest absolute Gasteiger partial charge is 0.489 e. The van der Waals surface area contributed by atoms with Crippen LogP contribution in [0.25, 0.3) is 0 Å². The van der Waals surface area contributed by atoms with Crippen LogP contribution in [0.3, 0.4) is 0 Å². The Balaban J connectivity index is 1.70. The zero-order valence-electron chi connectivity index (χ0n) is 13.6. The van der Waals surface area contributed by atoms with E-state index in [9.17, 15) is 10.1 Å². The third kappa shape index (κ3) is 4.57. The van der Waals surface area contributed by atoms with Gasteiger partial charge in [0.2, 0.25) is 0 Å². The maximum absolute atomic E-state index is 11.4. The summed E-state index contributed by atoms with van der Waals surface area (Å²) in [4.78, 5) is 11.0. The molecular formula is C20H18N2O3. The van der Waals surface area contributed by atoms with Crippen molar-refractivity contribution in [3.8, 4) is 5.75 Å². The van der Waals surface area contributed by atoms with Crippen LogP contribution in [-0.4, -0.2) is 4.92 Å². The van der Waals surface area contributed by atoms with Crippen molar-refractivity contribution in [3.63, 3.8) is 0 Å². The topological polar surface area (TPSA) is 64.4 Å². The second-order valence-corrected chi connectivity index (χ2v) is 5.55. The Morgan fingerprint density at radius 3 is 2.16 bits per heavy atom. The van der Waals surface area contributed by atoms with E-state index in [-0.39, 0.29) is 5.69 Å². The zero-order chi connectivity index (χ0) is 17.5. The molecule has 0 aliphatic carbocycles. The van der Waals surface area contributed by atoms with Crippen LogP contribution in [0.5, 0.6) is 5.75 Å². The molecule has 5 nitrogen and oxygen atoms in total. The van der Waals surface area contributed by atoms with Crippen LogP contribution in [0, 0.1) is 10.1 Å². The molecule has 3 aromatic rings. The third-order valence-electron chi connectivity index (χ3n) is 3.74. The average Bonchev–Trinajstić information content (AvgIpc) is 2.66. The van der Waals surface area contributed by atoms with Gasteiger partial charge in [0, 0.05) is 6.54 Å². The van der Waals surface area contributed by atoms with E-state index in [1.165, 1.54) is 6.07 Å². The van der Waals surface area contributed by atoms with E-state index in [2.05, 4.69) is 5.32 Å². The van der Waals surface area contributed by atoms with Crippen LogP contribution in [0.15, 0.2) is 78.9 Å². The van der Waals surface area contributed by atoms with Gasteiger partial charge in [0.25, 0.3) is 5.69 Å². The average molecular weight is 334 g/mol. The summed E-state index contributed by atoms with van der Waals surface area (Å²) >= 11 is 0. The molecule has 1 N–H and O–H groups in total. The third-order valence-corrected chi connectivity index (χ3v) is 3.74. The Labute approximate surface area is 146 Å². The highest BCUT2D eigenvalue weighted by atomic mass is 16.6. The van der Waals surface area contributed by atoms with Crippen molar-refractivity contribution in [1.82, 2.24) is 0 Å². The number of nitro benzene ring substituents is 1. The smallest absolute Gasteiger partial charge is 0.296 e. The molecule has 0 bridgehead atoms. The minimum absolute atomic E-state index is 0.00138. The lowest BCUT2D eigenvalue weighted by Crippen LogP contribution is -2.03. The molecule has 0 saturated heterocycles. The van der Waals surface area contributed by atoms with Gasteiger partial charge in [0.1, 0.15) is 18.0 Å². The lowest BCUT2D eigenvalue weighted by molar-refractivity contribution is -0.384. The van der Waals surface area contributed by atoms with Crippen LogP contribution in [0.1, 0.15) is 11.1 Å². The summed E-state index contributed by atoms with van der Waals surface area (Å²) in [6, 6.07) is 24.3. The number of benzene rings is 3. The predicted molar refractivity (Wildman–Crippen MR) is 97.6 cm³/mol. The Morgan fingerprint density at radius 1 is 0.880 bits per heavy atom. The summed E-state index contributed by atoms with van der Waals surface area (Å²) in [6.07, 6.45) is 0. The molecule has 0 unspecified atom stereocenters. The van der Waals surface area contributed by atoms with Crippen molar-refractivity contribution in [2.24, 2.45) is 0 Å². The Bertz CT molecular complexity index is 836. The van der Waals surface area contributed by atoms with Crippen LogP contribution < -0.4 is 10.1 Å². The van der Waals surface area contributed by atoms with E-state index in [1.807, 2.05) is 60.7 Å². The number of hydrogen-bond acceptors (Lipinski definition) is 4. The first kappa shape index (κ1) is 16.5. The van der Waals surface area contributed by atoms with Crippen LogP contribution in [0.4, 0.5) is 11.4 Å². The quantitative estimate of drug-likeness (QED) is 0.498. The van der Waals surface area contributed by atoms with Gasteiger partial charge >= 0.3 is 0 Å². The summed E-state index contributed by atoms with van der Waals surface area (Å²) in [5.74, 6) is 0.473. The molecule has 0 atom stereocenters. The molecule has 0 aliphatic heterocycles. The Morgan fingerprint density at radius 2 is 1.52 bits per heavy atom. The normalized spacial score (nSPS) is 10.2. The maximum atomic E-state index is 11.4. The molecule has 0 spiro atoms. The molecule has 5 heteroatoms. The SMILES string of the molecule is O=[N+]([O-])c1cc(OCc2ccccc2)ccc1NCc1ccccc1. The molecule has 126 valence electrons. The van der Waals surface area contributed by atoms with E-state index >= 15 is 0 Å². The number of rotatable bonds is 7. The highest BCUT2D eigenvalue weighted by Gasteiger charge is 2.15. The van der Waals surface area contributed by atoms with Gasteiger partial charge in [-0.2, -0.15) is 0 Å². The molecule has 25 heavy (non-hydrogen) atoms. The molecule has 0 aromatic heterocycles. The van der Waals surface area contributed by atoms with Crippen molar-refractivity contribution in [2.45, 2.75) is 13.2 Å². The second-order valence-electron chi connectivity index (χ2n) is 5.55. The fraction of sp³-hybridized carbons (Fsp3) is 0.100.